The Morgan fingerprint density at radius 1 is 1.14 bits per heavy atom. The Bertz CT molecular complexity index is 1410. The highest BCUT2D eigenvalue weighted by atomic mass is 35.5. The summed E-state index contributed by atoms with van der Waals surface area (Å²) < 4.78 is 9.46. The number of hydrogen-bond acceptors (Lipinski definition) is 7. The highest BCUT2D eigenvalue weighted by Crippen LogP contribution is 2.26. The molecular formula is C23H21ClN6O4S. The largest absolute Gasteiger partial charge is 0.489 e. The summed E-state index contributed by atoms with van der Waals surface area (Å²) in [7, 11) is 0. The first-order chi connectivity index (χ1) is 16.9. The van der Waals surface area contributed by atoms with E-state index in [1.807, 2.05) is 0 Å². The van der Waals surface area contributed by atoms with Crippen LogP contribution in [-0.2, 0) is 11.3 Å². The van der Waals surface area contributed by atoms with Gasteiger partial charge in [0.25, 0.3) is 11.5 Å². The van der Waals surface area contributed by atoms with Crippen LogP contribution in [0.25, 0.3) is 11.4 Å². The van der Waals surface area contributed by atoms with Crippen molar-refractivity contribution in [3.05, 3.63) is 86.2 Å². The molecule has 0 radical (unpaired) electrons. The average Bonchev–Trinajstić information content (AvgIpc) is 3.49. The molecular weight excluding hydrogens is 492 g/mol. The summed E-state index contributed by atoms with van der Waals surface area (Å²) in [5, 5.41) is 13.7. The van der Waals surface area contributed by atoms with E-state index in [2.05, 4.69) is 20.9 Å². The molecule has 0 spiro atoms. The van der Waals surface area contributed by atoms with E-state index in [1.165, 1.54) is 33.6 Å². The van der Waals surface area contributed by atoms with Gasteiger partial charge in [0.05, 0.1) is 34.2 Å². The molecule has 0 saturated heterocycles. The number of hydrogen-bond donors (Lipinski definition) is 2. The van der Waals surface area contributed by atoms with Crippen LogP contribution in [0.5, 0.6) is 5.75 Å². The molecule has 0 saturated carbocycles. The van der Waals surface area contributed by atoms with Gasteiger partial charge in [-0.15, -0.1) is 16.4 Å². The molecule has 1 aromatic carbocycles. The lowest BCUT2D eigenvalue weighted by molar-refractivity contribution is -0.119. The minimum Gasteiger partial charge on any atom is -0.489 e. The zero-order valence-electron chi connectivity index (χ0n) is 18.6. The number of carbonyl (C=O) groups is 2. The van der Waals surface area contributed by atoms with Crippen LogP contribution in [0.1, 0.15) is 22.3 Å². The molecule has 0 unspecified atom stereocenters. The minimum absolute atomic E-state index is 0.161. The third-order valence-corrected chi connectivity index (χ3v) is 6.02. The Morgan fingerprint density at radius 2 is 2.00 bits per heavy atom. The van der Waals surface area contributed by atoms with Crippen LogP contribution < -0.4 is 20.9 Å². The van der Waals surface area contributed by atoms with Crippen molar-refractivity contribution in [3.8, 4) is 17.1 Å². The maximum Gasteiger partial charge on any atom is 0.261 e. The van der Waals surface area contributed by atoms with E-state index in [0.717, 1.165) is 0 Å². The lowest BCUT2D eigenvalue weighted by Crippen LogP contribution is -2.25. The van der Waals surface area contributed by atoms with Crippen molar-refractivity contribution in [2.45, 2.75) is 13.5 Å². The molecule has 180 valence electrons. The lowest BCUT2D eigenvalue weighted by atomic mass is 10.2. The third-order valence-electron chi connectivity index (χ3n) is 4.79. The van der Waals surface area contributed by atoms with Crippen LogP contribution in [0.2, 0.25) is 4.34 Å². The van der Waals surface area contributed by atoms with Gasteiger partial charge >= 0.3 is 0 Å². The fourth-order valence-electron chi connectivity index (χ4n) is 3.18. The molecule has 0 aliphatic carbocycles. The molecule has 2 amide bonds. The molecule has 0 atom stereocenters. The Kier molecular flexibility index (Phi) is 7.58. The zero-order chi connectivity index (χ0) is 24.8. The first-order valence-corrected chi connectivity index (χ1v) is 11.7. The second kappa shape index (κ2) is 11.0. The van der Waals surface area contributed by atoms with Gasteiger partial charge in [-0.05, 0) is 30.3 Å². The van der Waals surface area contributed by atoms with Crippen molar-refractivity contribution in [3.63, 3.8) is 0 Å². The number of pyridine rings is 1. The quantitative estimate of drug-likeness (QED) is 0.333. The van der Waals surface area contributed by atoms with Crippen molar-refractivity contribution < 1.29 is 14.3 Å². The number of aromatic nitrogens is 4. The van der Waals surface area contributed by atoms with Gasteiger partial charge < -0.3 is 15.4 Å². The van der Waals surface area contributed by atoms with Crippen molar-refractivity contribution in [1.29, 1.82) is 0 Å². The number of halogens is 1. The van der Waals surface area contributed by atoms with Gasteiger partial charge in [0.2, 0.25) is 5.91 Å². The summed E-state index contributed by atoms with van der Waals surface area (Å²) in [5.74, 6) is 0.0274. The maximum atomic E-state index is 12.3. The van der Waals surface area contributed by atoms with Crippen LogP contribution in [0.3, 0.4) is 0 Å². The van der Waals surface area contributed by atoms with E-state index in [1.54, 1.807) is 54.9 Å². The van der Waals surface area contributed by atoms with Crippen molar-refractivity contribution in [2.75, 3.05) is 13.2 Å². The summed E-state index contributed by atoms with van der Waals surface area (Å²) in [5.41, 5.74) is 1.54. The number of nitrogens with one attached hydrogen (secondary N) is 2. The smallest absolute Gasteiger partial charge is 0.261 e. The van der Waals surface area contributed by atoms with Gasteiger partial charge in [0.1, 0.15) is 23.7 Å². The molecule has 4 aromatic rings. The van der Waals surface area contributed by atoms with E-state index in [4.69, 9.17) is 16.3 Å². The summed E-state index contributed by atoms with van der Waals surface area (Å²) in [6, 6.07) is 13.5. The first kappa shape index (κ1) is 24.2. The molecule has 35 heavy (non-hydrogen) atoms. The second-order valence-electron chi connectivity index (χ2n) is 7.33. The average molecular weight is 513 g/mol. The molecule has 4 rings (SSSR count). The van der Waals surface area contributed by atoms with Gasteiger partial charge in [-0.2, -0.15) is 0 Å². The summed E-state index contributed by atoms with van der Waals surface area (Å²) in [6.45, 7) is 2.12. The van der Waals surface area contributed by atoms with Gasteiger partial charge in [0, 0.05) is 25.3 Å². The maximum absolute atomic E-state index is 12.3. The molecule has 0 aliphatic heterocycles. The zero-order valence-corrected chi connectivity index (χ0v) is 20.2. The SMILES string of the molecule is CC(=O)NCCOc1cc(-n2ccccc2=O)ccc1-n1cc(CNC(=O)c2ccc(Cl)s2)nn1. The third kappa shape index (κ3) is 6.14. The topological polar surface area (TPSA) is 120 Å². The molecule has 0 bridgehead atoms. The summed E-state index contributed by atoms with van der Waals surface area (Å²) >= 11 is 7.08. The highest BCUT2D eigenvalue weighted by Gasteiger charge is 2.14. The van der Waals surface area contributed by atoms with Crippen LogP contribution in [0.4, 0.5) is 0 Å². The highest BCUT2D eigenvalue weighted by molar-refractivity contribution is 7.17. The number of nitrogens with zero attached hydrogens (tertiary/aromatic N) is 4. The molecule has 12 heteroatoms. The molecule has 10 nitrogen and oxygen atoms in total. The predicted molar refractivity (Wildman–Crippen MR) is 132 cm³/mol. The molecule has 3 aromatic heterocycles. The van der Waals surface area contributed by atoms with Gasteiger partial charge in [0.15, 0.2) is 0 Å². The lowest BCUT2D eigenvalue weighted by Gasteiger charge is -2.14. The molecule has 0 fully saturated rings. The molecule has 0 aliphatic rings. The van der Waals surface area contributed by atoms with Crippen molar-refractivity contribution in [2.24, 2.45) is 0 Å². The van der Waals surface area contributed by atoms with Crippen LogP contribution in [0.15, 0.2) is 65.7 Å². The van der Waals surface area contributed by atoms with Crippen LogP contribution in [-0.4, -0.2) is 44.5 Å². The number of carbonyl (C=O) groups excluding carboxylic acids is 2. The van der Waals surface area contributed by atoms with E-state index in [-0.39, 0.29) is 30.5 Å². The van der Waals surface area contributed by atoms with Gasteiger partial charge in [-0.1, -0.05) is 22.9 Å². The van der Waals surface area contributed by atoms with E-state index < -0.39 is 0 Å². The monoisotopic (exact) mass is 512 g/mol. The Morgan fingerprint density at radius 3 is 2.74 bits per heavy atom. The van der Waals surface area contributed by atoms with E-state index in [9.17, 15) is 14.4 Å². The number of benzene rings is 1. The standard InChI is InChI=1S/C23H21ClN6O4S/c1-15(31)25-9-11-34-19-12-17(29-10-3-2-4-22(29)32)5-6-18(19)30-14-16(27-28-30)13-26-23(33)20-7-8-21(24)35-20/h2-8,10,12,14H,9,11,13H2,1H3,(H,25,31)(H,26,33). The summed E-state index contributed by atoms with van der Waals surface area (Å²) in [6.07, 6.45) is 3.33. The Balaban J connectivity index is 1.55. The number of thiophene rings is 1. The predicted octanol–water partition coefficient (Wildman–Crippen LogP) is 2.58. The fourth-order valence-corrected chi connectivity index (χ4v) is 4.14. The van der Waals surface area contributed by atoms with Crippen LogP contribution in [0, 0.1) is 0 Å². The first-order valence-electron chi connectivity index (χ1n) is 10.5. The van der Waals surface area contributed by atoms with E-state index in [0.29, 0.717) is 38.6 Å². The number of rotatable bonds is 9. The second-order valence-corrected chi connectivity index (χ2v) is 9.05. The van der Waals surface area contributed by atoms with Crippen LogP contribution >= 0.6 is 22.9 Å². The van der Waals surface area contributed by atoms with Gasteiger partial charge in [-0.25, -0.2) is 4.68 Å². The summed E-state index contributed by atoms with van der Waals surface area (Å²) in [4.78, 5) is 36.2. The van der Waals surface area contributed by atoms with Crippen molar-refractivity contribution >= 4 is 34.8 Å². The minimum atomic E-state index is -0.254. The molecule has 2 N–H and O–H groups in total. The van der Waals surface area contributed by atoms with E-state index >= 15 is 0 Å². The Hall–Kier alpha value is -3.96. The Labute approximate surface area is 209 Å². The fraction of sp³-hybridized carbons (Fsp3) is 0.174. The van der Waals surface area contributed by atoms with Crippen molar-refractivity contribution in [1.82, 2.24) is 30.2 Å². The normalized spacial score (nSPS) is 10.7. The molecule has 3 heterocycles. The van der Waals surface area contributed by atoms with Gasteiger partial charge in [-0.3, -0.25) is 19.0 Å². The number of amides is 2. The number of ether oxygens (including phenoxy) is 1.